The molecule has 1 unspecified atom stereocenters. The molecule has 0 heterocycles. The topological polar surface area (TPSA) is 92.4 Å². The number of anilines is 1. The number of benzene rings is 1. The van der Waals surface area contributed by atoms with Crippen molar-refractivity contribution in [3.8, 4) is 0 Å². The Bertz CT molecular complexity index is 472. The first-order chi connectivity index (χ1) is 8.95. The lowest BCUT2D eigenvalue weighted by atomic mass is 10.0. The third-order valence-electron chi connectivity index (χ3n) is 2.97. The van der Waals surface area contributed by atoms with E-state index in [-0.39, 0.29) is 6.54 Å². The smallest absolute Gasteiger partial charge is 0.308 e. The summed E-state index contributed by atoms with van der Waals surface area (Å²) < 4.78 is 0. The molecule has 0 radical (unpaired) electrons. The van der Waals surface area contributed by atoms with Crippen LogP contribution in [0.3, 0.4) is 0 Å². The molecule has 4 N–H and O–H groups in total. The van der Waals surface area contributed by atoms with E-state index in [1.54, 1.807) is 18.2 Å². The number of primary amides is 1. The molecular formula is C14H20N2O3. The molecule has 0 aromatic heterocycles. The number of hydrogen-bond donors (Lipinski definition) is 3. The highest BCUT2D eigenvalue weighted by Crippen LogP contribution is 2.18. The zero-order chi connectivity index (χ0) is 14.4. The number of aryl methyl sites for hydroxylation is 1. The second-order valence-corrected chi connectivity index (χ2v) is 4.62. The third-order valence-corrected chi connectivity index (χ3v) is 2.97. The number of amides is 1. The van der Waals surface area contributed by atoms with Gasteiger partial charge in [-0.15, -0.1) is 0 Å². The Morgan fingerprint density at radius 2 is 2.11 bits per heavy atom. The molecule has 1 rings (SSSR count). The summed E-state index contributed by atoms with van der Waals surface area (Å²) in [5.74, 6) is -1.82. The zero-order valence-electron chi connectivity index (χ0n) is 11.3. The van der Waals surface area contributed by atoms with Crippen LogP contribution in [0.2, 0.25) is 0 Å². The van der Waals surface area contributed by atoms with Gasteiger partial charge in [0.25, 0.3) is 5.91 Å². The molecular weight excluding hydrogens is 244 g/mol. The number of nitrogens with two attached hydrogens (primary N) is 1. The number of carboxylic acids is 1. The van der Waals surface area contributed by atoms with Gasteiger partial charge in [-0.3, -0.25) is 9.59 Å². The van der Waals surface area contributed by atoms with E-state index in [0.29, 0.717) is 17.7 Å². The van der Waals surface area contributed by atoms with Crippen molar-refractivity contribution in [1.82, 2.24) is 0 Å². The van der Waals surface area contributed by atoms with Gasteiger partial charge in [-0.1, -0.05) is 19.4 Å². The maximum Gasteiger partial charge on any atom is 0.308 e. The van der Waals surface area contributed by atoms with Gasteiger partial charge in [0, 0.05) is 12.2 Å². The molecule has 0 saturated carbocycles. The molecule has 0 aliphatic heterocycles. The minimum atomic E-state index is -0.831. The van der Waals surface area contributed by atoms with E-state index in [1.807, 2.05) is 13.8 Å². The van der Waals surface area contributed by atoms with E-state index >= 15 is 0 Å². The van der Waals surface area contributed by atoms with Crippen molar-refractivity contribution in [2.24, 2.45) is 11.7 Å². The fourth-order valence-corrected chi connectivity index (χ4v) is 1.91. The number of hydrogen-bond acceptors (Lipinski definition) is 3. The quantitative estimate of drug-likeness (QED) is 0.702. The summed E-state index contributed by atoms with van der Waals surface area (Å²) in [6.45, 7) is 4.13. The number of carbonyl (C=O) groups is 2. The average molecular weight is 264 g/mol. The lowest BCUT2D eigenvalue weighted by molar-refractivity contribution is -0.141. The van der Waals surface area contributed by atoms with Crippen molar-refractivity contribution >= 4 is 17.6 Å². The van der Waals surface area contributed by atoms with Crippen molar-refractivity contribution in [1.29, 1.82) is 0 Å². The van der Waals surface area contributed by atoms with Crippen LogP contribution < -0.4 is 11.1 Å². The fraction of sp³-hybridized carbons (Fsp3) is 0.429. The number of nitrogens with one attached hydrogen (secondary N) is 1. The first-order valence-electron chi connectivity index (χ1n) is 6.32. The molecule has 1 aromatic rings. The van der Waals surface area contributed by atoms with Gasteiger partial charge in [0.2, 0.25) is 0 Å². The summed E-state index contributed by atoms with van der Waals surface area (Å²) >= 11 is 0. The Morgan fingerprint density at radius 3 is 2.63 bits per heavy atom. The highest BCUT2D eigenvalue weighted by atomic mass is 16.4. The molecule has 104 valence electrons. The molecule has 0 bridgehead atoms. The van der Waals surface area contributed by atoms with Crippen LogP contribution in [0, 0.1) is 12.8 Å². The van der Waals surface area contributed by atoms with Crippen LogP contribution in [-0.2, 0) is 4.79 Å². The molecule has 0 spiro atoms. The van der Waals surface area contributed by atoms with Crippen molar-refractivity contribution in [3.63, 3.8) is 0 Å². The Morgan fingerprint density at radius 1 is 1.42 bits per heavy atom. The fourth-order valence-electron chi connectivity index (χ4n) is 1.91. The summed E-state index contributed by atoms with van der Waals surface area (Å²) in [6.07, 6.45) is 1.40. The predicted octanol–water partition coefficient (Wildman–Crippen LogP) is 2.01. The maximum atomic E-state index is 11.3. The summed E-state index contributed by atoms with van der Waals surface area (Å²) in [5, 5.41) is 12.1. The summed E-state index contributed by atoms with van der Waals surface area (Å²) in [4.78, 5) is 22.4. The summed E-state index contributed by atoms with van der Waals surface area (Å²) in [6, 6.07) is 5.24. The van der Waals surface area contributed by atoms with E-state index in [9.17, 15) is 9.59 Å². The van der Waals surface area contributed by atoms with Crippen LogP contribution in [0.5, 0.6) is 0 Å². The van der Waals surface area contributed by atoms with Gasteiger partial charge in [-0.2, -0.15) is 0 Å². The molecule has 0 aliphatic rings. The van der Waals surface area contributed by atoms with E-state index in [1.165, 1.54) is 0 Å². The van der Waals surface area contributed by atoms with E-state index in [0.717, 1.165) is 12.0 Å². The Hall–Kier alpha value is -2.04. The molecule has 1 aromatic carbocycles. The number of aliphatic carboxylic acids is 1. The van der Waals surface area contributed by atoms with Crippen molar-refractivity contribution in [2.45, 2.75) is 26.7 Å². The van der Waals surface area contributed by atoms with Crippen LogP contribution in [0.25, 0.3) is 0 Å². The predicted molar refractivity (Wildman–Crippen MR) is 74.2 cm³/mol. The monoisotopic (exact) mass is 264 g/mol. The van der Waals surface area contributed by atoms with E-state index in [4.69, 9.17) is 10.8 Å². The van der Waals surface area contributed by atoms with Gasteiger partial charge in [0.1, 0.15) is 0 Å². The zero-order valence-corrected chi connectivity index (χ0v) is 11.3. The van der Waals surface area contributed by atoms with Crippen molar-refractivity contribution in [2.75, 3.05) is 11.9 Å². The SMILES string of the molecule is CCCC(CNc1cc(C)ccc1C(N)=O)C(=O)O. The van der Waals surface area contributed by atoms with Gasteiger partial charge in [-0.05, 0) is 31.0 Å². The standard InChI is InChI=1S/C14H20N2O3/c1-3-4-10(14(18)19)8-16-12-7-9(2)5-6-11(12)13(15)17/h5-7,10,16H,3-4,8H2,1-2H3,(H2,15,17)(H,18,19). The van der Waals surface area contributed by atoms with E-state index in [2.05, 4.69) is 5.32 Å². The molecule has 0 aliphatic carbocycles. The second kappa shape index (κ2) is 6.78. The highest BCUT2D eigenvalue weighted by Gasteiger charge is 2.17. The van der Waals surface area contributed by atoms with E-state index < -0.39 is 17.8 Å². The Kier molecular flexibility index (Phi) is 5.36. The minimum absolute atomic E-state index is 0.285. The molecule has 1 atom stereocenters. The van der Waals surface area contributed by atoms with Crippen LogP contribution in [-0.4, -0.2) is 23.5 Å². The number of rotatable bonds is 7. The van der Waals surface area contributed by atoms with Crippen LogP contribution in [0.1, 0.15) is 35.7 Å². The van der Waals surface area contributed by atoms with Gasteiger partial charge in [-0.25, -0.2) is 0 Å². The van der Waals surface area contributed by atoms with Gasteiger partial charge in [0.15, 0.2) is 0 Å². The molecule has 19 heavy (non-hydrogen) atoms. The normalized spacial score (nSPS) is 11.9. The van der Waals surface area contributed by atoms with Gasteiger partial charge >= 0.3 is 5.97 Å². The largest absolute Gasteiger partial charge is 0.481 e. The lowest BCUT2D eigenvalue weighted by Gasteiger charge is -2.15. The first-order valence-corrected chi connectivity index (χ1v) is 6.32. The second-order valence-electron chi connectivity index (χ2n) is 4.62. The number of carbonyl (C=O) groups excluding carboxylic acids is 1. The minimum Gasteiger partial charge on any atom is -0.481 e. The third kappa shape index (κ3) is 4.28. The molecule has 0 saturated heterocycles. The number of carboxylic acid groups (broad SMARTS) is 1. The molecule has 5 nitrogen and oxygen atoms in total. The average Bonchev–Trinajstić information content (AvgIpc) is 2.33. The lowest BCUT2D eigenvalue weighted by Crippen LogP contribution is -2.24. The van der Waals surface area contributed by atoms with Gasteiger partial charge < -0.3 is 16.2 Å². The Balaban J connectivity index is 2.83. The maximum absolute atomic E-state index is 11.3. The molecule has 1 amide bonds. The summed E-state index contributed by atoms with van der Waals surface area (Å²) in [5.41, 5.74) is 7.25. The van der Waals surface area contributed by atoms with Crippen LogP contribution in [0.15, 0.2) is 18.2 Å². The molecule has 5 heteroatoms. The highest BCUT2D eigenvalue weighted by molar-refractivity contribution is 5.98. The summed E-state index contributed by atoms with van der Waals surface area (Å²) in [7, 11) is 0. The Labute approximate surface area is 112 Å². The van der Waals surface area contributed by atoms with Crippen LogP contribution in [0.4, 0.5) is 5.69 Å². The van der Waals surface area contributed by atoms with Crippen LogP contribution >= 0.6 is 0 Å². The van der Waals surface area contributed by atoms with Crippen molar-refractivity contribution in [3.05, 3.63) is 29.3 Å². The van der Waals surface area contributed by atoms with Crippen molar-refractivity contribution < 1.29 is 14.7 Å². The molecule has 0 fully saturated rings. The first kappa shape index (κ1) is 15.0. The van der Waals surface area contributed by atoms with Gasteiger partial charge in [0.05, 0.1) is 11.5 Å².